The molecule has 0 atom stereocenters. The molecule has 0 unspecified atom stereocenters. The molecular weight excluding hydrogens is 266 g/mol. The number of nitrogens with zero attached hydrogens (tertiary/aromatic N) is 2. The summed E-state index contributed by atoms with van der Waals surface area (Å²) in [4.78, 5) is 24.3. The fourth-order valence-corrected chi connectivity index (χ4v) is 3.12. The van der Waals surface area contributed by atoms with Crippen LogP contribution in [0.5, 0.6) is 0 Å². The highest BCUT2D eigenvalue weighted by molar-refractivity contribution is 6.08. The van der Waals surface area contributed by atoms with Crippen LogP contribution in [0.3, 0.4) is 0 Å². The molecule has 2 heterocycles. The molecule has 106 valence electrons. The van der Waals surface area contributed by atoms with Crippen LogP contribution in [-0.4, -0.2) is 15.0 Å². The van der Waals surface area contributed by atoms with Crippen molar-refractivity contribution in [2.75, 3.05) is 0 Å². The number of aromatic nitrogens is 2. The van der Waals surface area contributed by atoms with E-state index in [0.29, 0.717) is 11.1 Å². The summed E-state index contributed by atoms with van der Waals surface area (Å²) >= 11 is 0. The number of benzene rings is 1. The number of carbonyl (C=O) groups excluding carboxylic acids is 1. The molecular formula is C16H15N3O2. The molecule has 1 aliphatic carbocycles. The normalized spacial score (nSPS) is 14.9. The number of pyridine rings is 1. The topological polar surface area (TPSA) is 70.0 Å². The molecule has 4 rings (SSSR count). The van der Waals surface area contributed by atoms with E-state index in [4.69, 9.17) is 5.73 Å². The minimum absolute atomic E-state index is 0.0920. The van der Waals surface area contributed by atoms with E-state index in [2.05, 4.69) is 0 Å². The molecule has 0 spiro atoms. The third kappa shape index (κ3) is 1.57. The first kappa shape index (κ1) is 12.2. The molecule has 1 fully saturated rings. The highest BCUT2D eigenvalue weighted by Gasteiger charge is 2.30. The Bertz CT molecular complexity index is 961. The Hall–Kier alpha value is -2.56. The van der Waals surface area contributed by atoms with Crippen molar-refractivity contribution < 1.29 is 4.79 Å². The average Bonchev–Trinajstić information content (AvgIpc) is 3.23. The van der Waals surface area contributed by atoms with Crippen molar-refractivity contribution in [1.82, 2.24) is 9.13 Å². The molecule has 1 saturated carbocycles. The van der Waals surface area contributed by atoms with Crippen LogP contribution < -0.4 is 11.3 Å². The third-order valence-electron chi connectivity index (χ3n) is 4.26. The first-order chi connectivity index (χ1) is 10.1. The average molecular weight is 281 g/mol. The van der Waals surface area contributed by atoms with Crippen molar-refractivity contribution >= 4 is 27.7 Å². The predicted octanol–water partition coefficient (Wildman–Crippen LogP) is 1.93. The molecule has 1 aromatic carbocycles. The zero-order valence-electron chi connectivity index (χ0n) is 11.7. The van der Waals surface area contributed by atoms with Crippen molar-refractivity contribution in [2.24, 2.45) is 12.8 Å². The molecule has 2 N–H and O–H groups in total. The number of hydrogen-bond acceptors (Lipinski definition) is 2. The van der Waals surface area contributed by atoms with Crippen molar-refractivity contribution in [3.63, 3.8) is 0 Å². The van der Waals surface area contributed by atoms with E-state index in [9.17, 15) is 9.59 Å². The molecule has 3 aromatic rings. The quantitative estimate of drug-likeness (QED) is 0.779. The van der Waals surface area contributed by atoms with Gasteiger partial charge in [0.25, 0.3) is 11.5 Å². The molecule has 0 bridgehead atoms. The Balaban J connectivity index is 2.30. The molecule has 1 aliphatic rings. The smallest absolute Gasteiger partial charge is 0.265 e. The summed E-state index contributed by atoms with van der Waals surface area (Å²) in [6.07, 6.45) is 2.04. The Morgan fingerprint density at radius 2 is 1.95 bits per heavy atom. The minimum atomic E-state index is -0.482. The fourth-order valence-electron chi connectivity index (χ4n) is 3.12. The lowest BCUT2D eigenvalue weighted by molar-refractivity contribution is 0.0992. The van der Waals surface area contributed by atoms with Gasteiger partial charge in [-0.15, -0.1) is 0 Å². The van der Waals surface area contributed by atoms with E-state index in [1.165, 1.54) is 0 Å². The van der Waals surface area contributed by atoms with E-state index in [1.807, 2.05) is 28.8 Å². The standard InChI is InChI=1S/C16H15N3O2/c1-18-12-5-3-2-4-10(12)14-11(16(18)21)8-13(15(17)20)19(14)9-6-7-9/h2-5,8-9H,6-7H2,1H3,(H2,17,20). The van der Waals surface area contributed by atoms with E-state index in [0.717, 1.165) is 29.3 Å². The van der Waals surface area contributed by atoms with Crippen LogP contribution in [-0.2, 0) is 7.05 Å². The first-order valence-corrected chi connectivity index (χ1v) is 7.02. The highest BCUT2D eigenvalue weighted by atomic mass is 16.1. The summed E-state index contributed by atoms with van der Waals surface area (Å²) < 4.78 is 3.58. The summed E-state index contributed by atoms with van der Waals surface area (Å²) in [6.45, 7) is 0. The van der Waals surface area contributed by atoms with Crippen molar-refractivity contribution in [3.05, 3.63) is 46.4 Å². The van der Waals surface area contributed by atoms with Gasteiger partial charge in [-0.1, -0.05) is 18.2 Å². The number of aryl methyl sites for hydroxylation is 1. The van der Waals surface area contributed by atoms with Crippen LogP contribution >= 0.6 is 0 Å². The van der Waals surface area contributed by atoms with Crippen LogP contribution in [0.15, 0.2) is 35.1 Å². The van der Waals surface area contributed by atoms with Gasteiger partial charge in [0.1, 0.15) is 5.69 Å². The summed E-state index contributed by atoms with van der Waals surface area (Å²) in [5.41, 5.74) is 7.55. The zero-order valence-corrected chi connectivity index (χ0v) is 11.7. The lowest BCUT2D eigenvalue weighted by Gasteiger charge is -2.11. The van der Waals surface area contributed by atoms with Gasteiger partial charge >= 0.3 is 0 Å². The summed E-state index contributed by atoms with van der Waals surface area (Å²) in [7, 11) is 1.75. The first-order valence-electron chi connectivity index (χ1n) is 7.02. The Morgan fingerprint density at radius 3 is 2.62 bits per heavy atom. The molecule has 0 radical (unpaired) electrons. The highest BCUT2D eigenvalue weighted by Crippen LogP contribution is 2.40. The van der Waals surface area contributed by atoms with Crippen LogP contribution in [0.1, 0.15) is 29.4 Å². The molecule has 0 aliphatic heterocycles. The molecule has 5 nitrogen and oxygen atoms in total. The number of para-hydroxylation sites is 1. The third-order valence-corrected chi connectivity index (χ3v) is 4.26. The van der Waals surface area contributed by atoms with Crippen LogP contribution in [0.4, 0.5) is 0 Å². The van der Waals surface area contributed by atoms with Gasteiger partial charge in [0.15, 0.2) is 0 Å². The maximum Gasteiger partial charge on any atom is 0.265 e. The number of carbonyl (C=O) groups is 1. The van der Waals surface area contributed by atoms with Gasteiger partial charge in [-0.05, 0) is 25.0 Å². The number of hydrogen-bond donors (Lipinski definition) is 1. The van der Waals surface area contributed by atoms with Gasteiger partial charge < -0.3 is 14.9 Å². The number of primary amides is 1. The van der Waals surface area contributed by atoms with E-state index >= 15 is 0 Å². The minimum Gasteiger partial charge on any atom is -0.364 e. The molecule has 21 heavy (non-hydrogen) atoms. The van der Waals surface area contributed by atoms with E-state index in [-0.39, 0.29) is 11.6 Å². The van der Waals surface area contributed by atoms with Crippen molar-refractivity contribution in [3.8, 4) is 0 Å². The van der Waals surface area contributed by atoms with Crippen molar-refractivity contribution in [1.29, 1.82) is 0 Å². The lowest BCUT2D eigenvalue weighted by Crippen LogP contribution is -2.17. The van der Waals surface area contributed by atoms with Crippen LogP contribution in [0.2, 0.25) is 0 Å². The van der Waals surface area contributed by atoms with Gasteiger partial charge in [0.05, 0.1) is 16.4 Å². The molecule has 5 heteroatoms. The number of nitrogens with two attached hydrogens (primary N) is 1. The second kappa shape index (κ2) is 3.97. The lowest BCUT2D eigenvalue weighted by atomic mass is 10.1. The van der Waals surface area contributed by atoms with Gasteiger partial charge in [0.2, 0.25) is 0 Å². The van der Waals surface area contributed by atoms with Crippen LogP contribution in [0, 0.1) is 0 Å². The fraction of sp³-hybridized carbons (Fsp3) is 0.250. The maximum atomic E-state index is 12.6. The van der Waals surface area contributed by atoms with Crippen molar-refractivity contribution in [2.45, 2.75) is 18.9 Å². The number of rotatable bonds is 2. The van der Waals surface area contributed by atoms with Crippen LogP contribution in [0.25, 0.3) is 21.8 Å². The molecule has 1 amide bonds. The molecule has 0 saturated heterocycles. The monoisotopic (exact) mass is 281 g/mol. The second-order valence-corrected chi connectivity index (χ2v) is 5.64. The SMILES string of the molecule is Cn1c(=O)c2cc(C(N)=O)n(C3CC3)c2c2ccccc21. The second-order valence-electron chi connectivity index (χ2n) is 5.64. The number of fused-ring (bicyclic) bond motifs is 3. The Kier molecular flexibility index (Phi) is 2.31. The summed E-state index contributed by atoms with van der Waals surface area (Å²) in [6, 6.07) is 9.68. The summed E-state index contributed by atoms with van der Waals surface area (Å²) in [5.74, 6) is -0.482. The maximum absolute atomic E-state index is 12.6. The summed E-state index contributed by atoms with van der Waals surface area (Å²) in [5, 5.41) is 1.55. The van der Waals surface area contributed by atoms with Gasteiger partial charge in [0, 0.05) is 18.5 Å². The van der Waals surface area contributed by atoms with Gasteiger partial charge in [-0.2, -0.15) is 0 Å². The van der Waals surface area contributed by atoms with E-state index < -0.39 is 5.91 Å². The zero-order chi connectivity index (χ0) is 14.7. The molecule has 2 aromatic heterocycles. The predicted molar refractivity (Wildman–Crippen MR) is 81.5 cm³/mol. The Labute approximate surface area is 120 Å². The van der Waals surface area contributed by atoms with Gasteiger partial charge in [-0.25, -0.2) is 0 Å². The Morgan fingerprint density at radius 1 is 1.24 bits per heavy atom. The number of amides is 1. The van der Waals surface area contributed by atoms with E-state index in [1.54, 1.807) is 17.7 Å². The van der Waals surface area contributed by atoms with Gasteiger partial charge in [-0.3, -0.25) is 9.59 Å². The largest absolute Gasteiger partial charge is 0.364 e.